The number of benzene rings is 2. The highest BCUT2D eigenvalue weighted by molar-refractivity contribution is 5.79. The monoisotopic (exact) mass is 371 g/mol. The average molecular weight is 371 g/mol. The molecule has 2 aromatic carbocycles. The molecule has 0 radical (unpaired) electrons. The summed E-state index contributed by atoms with van der Waals surface area (Å²) in [5.41, 5.74) is 2.24. The Morgan fingerprint density at radius 3 is 2.15 bits per heavy atom. The van der Waals surface area contributed by atoms with Gasteiger partial charge in [0, 0.05) is 20.1 Å². The lowest BCUT2D eigenvalue weighted by Gasteiger charge is -2.14. The Bertz CT molecular complexity index is 730. The first kappa shape index (κ1) is 20.4. The van der Waals surface area contributed by atoms with Gasteiger partial charge in [0.25, 0.3) is 0 Å². The predicted molar refractivity (Wildman–Crippen MR) is 109 cm³/mol. The molecule has 146 valence electrons. The zero-order chi connectivity index (χ0) is 19.5. The van der Waals surface area contributed by atoms with E-state index in [1.807, 2.05) is 42.5 Å². The van der Waals surface area contributed by atoms with Crippen LogP contribution in [0.5, 0.6) is 17.2 Å². The van der Waals surface area contributed by atoms with E-state index in [4.69, 9.17) is 14.2 Å². The SMILES string of the molecule is CCCOc1ccc(CNC(=NC)NCc2ccc(OC)cc2)cc1OC. The highest BCUT2D eigenvalue weighted by Crippen LogP contribution is 2.28. The van der Waals surface area contributed by atoms with Crippen LogP contribution in [0.15, 0.2) is 47.5 Å². The van der Waals surface area contributed by atoms with E-state index < -0.39 is 0 Å². The van der Waals surface area contributed by atoms with Crippen molar-refractivity contribution in [1.82, 2.24) is 10.6 Å². The maximum atomic E-state index is 5.69. The summed E-state index contributed by atoms with van der Waals surface area (Å²) < 4.78 is 16.3. The quantitative estimate of drug-likeness (QED) is 0.523. The van der Waals surface area contributed by atoms with Crippen molar-refractivity contribution in [1.29, 1.82) is 0 Å². The molecular formula is C21H29N3O3. The number of aliphatic imine (C=N–C) groups is 1. The van der Waals surface area contributed by atoms with Crippen molar-refractivity contribution >= 4 is 5.96 Å². The second kappa shape index (κ2) is 11.0. The van der Waals surface area contributed by atoms with Crippen molar-refractivity contribution in [2.45, 2.75) is 26.4 Å². The highest BCUT2D eigenvalue weighted by Gasteiger charge is 2.06. The molecular weight excluding hydrogens is 342 g/mol. The van der Waals surface area contributed by atoms with Crippen LogP contribution in [-0.2, 0) is 13.1 Å². The number of hydrogen-bond donors (Lipinski definition) is 2. The molecule has 0 atom stereocenters. The van der Waals surface area contributed by atoms with Gasteiger partial charge < -0.3 is 24.8 Å². The number of guanidine groups is 1. The molecule has 0 aliphatic heterocycles. The van der Waals surface area contributed by atoms with E-state index >= 15 is 0 Å². The molecule has 0 spiro atoms. The van der Waals surface area contributed by atoms with Crippen LogP contribution >= 0.6 is 0 Å². The van der Waals surface area contributed by atoms with E-state index in [0.717, 1.165) is 40.8 Å². The van der Waals surface area contributed by atoms with Crippen molar-refractivity contribution in [3.05, 3.63) is 53.6 Å². The predicted octanol–water partition coefficient (Wildman–Crippen LogP) is 3.36. The van der Waals surface area contributed by atoms with Gasteiger partial charge in [0.15, 0.2) is 17.5 Å². The van der Waals surface area contributed by atoms with Crippen LogP contribution in [-0.4, -0.2) is 33.8 Å². The van der Waals surface area contributed by atoms with Crippen molar-refractivity contribution < 1.29 is 14.2 Å². The standard InChI is InChI=1S/C21H29N3O3/c1-5-12-27-19-11-8-17(13-20(19)26-4)15-24-21(22-2)23-14-16-6-9-18(25-3)10-7-16/h6-11,13H,5,12,14-15H2,1-4H3,(H2,22,23,24). The third-order valence-corrected chi connectivity index (χ3v) is 3.99. The molecule has 0 aromatic heterocycles. The third kappa shape index (κ3) is 6.40. The van der Waals surface area contributed by atoms with Crippen LogP contribution in [0, 0.1) is 0 Å². The lowest BCUT2D eigenvalue weighted by Crippen LogP contribution is -2.36. The molecule has 2 N–H and O–H groups in total. The Kier molecular flexibility index (Phi) is 8.29. The summed E-state index contributed by atoms with van der Waals surface area (Å²) in [4.78, 5) is 4.27. The van der Waals surface area contributed by atoms with Crippen LogP contribution < -0.4 is 24.8 Å². The summed E-state index contributed by atoms with van der Waals surface area (Å²) in [6, 6.07) is 13.9. The second-order valence-corrected chi connectivity index (χ2v) is 5.96. The maximum absolute atomic E-state index is 5.69. The van der Waals surface area contributed by atoms with E-state index in [9.17, 15) is 0 Å². The molecule has 0 aliphatic carbocycles. The summed E-state index contributed by atoms with van der Waals surface area (Å²) in [5, 5.41) is 6.61. The molecule has 0 heterocycles. The Balaban J connectivity index is 1.89. The average Bonchev–Trinajstić information content (AvgIpc) is 2.73. The summed E-state index contributed by atoms with van der Waals surface area (Å²) in [6.45, 7) is 4.06. The lowest BCUT2D eigenvalue weighted by atomic mass is 10.2. The summed E-state index contributed by atoms with van der Waals surface area (Å²) in [6.07, 6.45) is 0.961. The summed E-state index contributed by atoms with van der Waals surface area (Å²) in [7, 11) is 5.07. The van der Waals surface area contributed by atoms with E-state index in [0.29, 0.717) is 19.7 Å². The number of rotatable bonds is 9. The molecule has 0 aliphatic rings. The van der Waals surface area contributed by atoms with Crippen molar-refractivity contribution in [3.8, 4) is 17.2 Å². The van der Waals surface area contributed by atoms with Crippen LogP contribution in [0.25, 0.3) is 0 Å². The Morgan fingerprint density at radius 1 is 0.889 bits per heavy atom. The Labute approximate surface area is 161 Å². The van der Waals surface area contributed by atoms with Gasteiger partial charge in [-0.25, -0.2) is 0 Å². The minimum atomic E-state index is 0.632. The molecule has 2 aromatic rings. The fraction of sp³-hybridized carbons (Fsp3) is 0.381. The van der Waals surface area contributed by atoms with Gasteiger partial charge in [-0.2, -0.15) is 0 Å². The Morgan fingerprint density at radius 2 is 1.56 bits per heavy atom. The first-order valence-corrected chi connectivity index (χ1v) is 9.07. The molecule has 0 bridgehead atoms. The van der Waals surface area contributed by atoms with Crippen LogP contribution in [0.4, 0.5) is 0 Å². The van der Waals surface area contributed by atoms with Gasteiger partial charge in [-0.3, -0.25) is 4.99 Å². The maximum Gasteiger partial charge on any atom is 0.191 e. The van der Waals surface area contributed by atoms with E-state index in [1.54, 1.807) is 21.3 Å². The van der Waals surface area contributed by atoms with Gasteiger partial charge in [0.1, 0.15) is 5.75 Å². The number of nitrogens with zero attached hydrogens (tertiary/aromatic N) is 1. The number of methoxy groups -OCH3 is 2. The zero-order valence-electron chi connectivity index (χ0n) is 16.5. The molecule has 0 amide bonds. The van der Waals surface area contributed by atoms with Crippen molar-refractivity contribution in [2.24, 2.45) is 4.99 Å². The van der Waals surface area contributed by atoms with Gasteiger partial charge in [0.2, 0.25) is 0 Å². The molecule has 0 saturated carbocycles. The van der Waals surface area contributed by atoms with Crippen molar-refractivity contribution in [2.75, 3.05) is 27.9 Å². The van der Waals surface area contributed by atoms with Crippen LogP contribution in [0.3, 0.4) is 0 Å². The van der Waals surface area contributed by atoms with Crippen molar-refractivity contribution in [3.63, 3.8) is 0 Å². The van der Waals surface area contributed by atoms with Gasteiger partial charge in [0.05, 0.1) is 20.8 Å². The molecule has 0 fully saturated rings. The fourth-order valence-electron chi connectivity index (χ4n) is 2.49. The number of hydrogen-bond acceptors (Lipinski definition) is 4. The van der Waals surface area contributed by atoms with Gasteiger partial charge in [-0.05, 0) is 41.8 Å². The van der Waals surface area contributed by atoms with Crippen LogP contribution in [0.1, 0.15) is 24.5 Å². The molecule has 0 saturated heterocycles. The van der Waals surface area contributed by atoms with E-state index in [2.05, 4.69) is 22.5 Å². The summed E-state index contributed by atoms with van der Waals surface area (Å²) >= 11 is 0. The number of ether oxygens (including phenoxy) is 3. The van der Waals surface area contributed by atoms with Gasteiger partial charge >= 0.3 is 0 Å². The minimum absolute atomic E-state index is 0.632. The molecule has 2 rings (SSSR count). The molecule has 0 unspecified atom stereocenters. The molecule has 6 nitrogen and oxygen atoms in total. The largest absolute Gasteiger partial charge is 0.497 e. The molecule has 27 heavy (non-hydrogen) atoms. The van der Waals surface area contributed by atoms with Crippen LogP contribution in [0.2, 0.25) is 0 Å². The normalized spacial score (nSPS) is 11.0. The van der Waals surface area contributed by atoms with Gasteiger partial charge in [-0.1, -0.05) is 25.1 Å². The smallest absolute Gasteiger partial charge is 0.191 e. The first-order valence-electron chi connectivity index (χ1n) is 9.07. The second-order valence-electron chi connectivity index (χ2n) is 5.96. The fourth-order valence-corrected chi connectivity index (χ4v) is 2.49. The first-order chi connectivity index (χ1) is 13.2. The zero-order valence-corrected chi connectivity index (χ0v) is 16.5. The molecule has 6 heteroatoms. The highest BCUT2D eigenvalue weighted by atomic mass is 16.5. The minimum Gasteiger partial charge on any atom is -0.497 e. The summed E-state index contributed by atoms with van der Waals surface area (Å²) in [5.74, 6) is 3.09. The van der Waals surface area contributed by atoms with Gasteiger partial charge in [-0.15, -0.1) is 0 Å². The lowest BCUT2D eigenvalue weighted by molar-refractivity contribution is 0.294. The van der Waals surface area contributed by atoms with E-state index in [-0.39, 0.29) is 0 Å². The Hall–Kier alpha value is -2.89. The number of nitrogens with one attached hydrogen (secondary N) is 2. The third-order valence-electron chi connectivity index (χ3n) is 3.99. The topological polar surface area (TPSA) is 64.1 Å². The van der Waals surface area contributed by atoms with E-state index in [1.165, 1.54) is 0 Å².